The highest BCUT2D eigenvalue weighted by Crippen LogP contribution is 2.19. The molecular weight excluding hydrogens is 170 g/mol. The van der Waals surface area contributed by atoms with Gasteiger partial charge in [0.1, 0.15) is 0 Å². The van der Waals surface area contributed by atoms with Crippen LogP contribution in [0.3, 0.4) is 0 Å². The van der Waals surface area contributed by atoms with Crippen molar-refractivity contribution in [2.75, 3.05) is 6.54 Å². The molecule has 1 unspecified atom stereocenters. The molecule has 1 aliphatic rings. The van der Waals surface area contributed by atoms with Gasteiger partial charge in [0.25, 0.3) is 0 Å². The highest BCUT2D eigenvalue weighted by Gasteiger charge is 2.04. The maximum absolute atomic E-state index is 5.38. The van der Waals surface area contributed by atoms with Crippen molar-refractivity contribution in [1.82, 2.24) is 5.32 Å². The molecule has 1 N–H and O–H groups in total. The third kappa shape index (κ3) is 3.98. The second-order valence-electron chi connectivity index (χ2n) is 3.94. The molecule has 78 valence electrons. The van der Waals surface area contributed by atoms with Gasteiger partial charge in [0.2, 0.25) is 0 Å². The monoisotopic (exact) mass is 191 g/mol. The van der Waals surface area contributed by atoms with Crippen molar-refractivity contribution >= 4 is 0 Å². The van der Waals surface area contributed by atoms with E-state index < -0.39 is 0 Å². The third-order valence-electron chi connectivity index (χ3n) is 2.83. The van der Waals surface area contributed by atoms with E-state index in [2.05, 4.69) is 24.2 Å². The van der Waals surface area contributed by atoms with Crippen LogP contribution in [0.2, 0.25) is 0 Å². The van der Waals surface area contributed by atoms with E-state index in [0.717, 1.165) is 13.0 Å². The molecule has 1 heteroatoms. The summed E-state index contributed by atoms with van der Waals surface area (Å²) in [7, 11) is 0. The zero-order valence-electron chi connectivity index (χ0n) is 9.18. The Morgan fingerprint density at radius 3 is 3.00 bits per heavy atom. The molecule has 0 bridgehead atoms. The minimum absolute atomic E-state index is 0.263. The lowest BCUT2D eigenvalue weighted by Crippen LogP contribution is -2.27. The Morgan fingerprint density at radius 1 is 1.57 bits per heavy atom. The van der Waals surface area contributed by atoms with Crippen molar-refractivity contribution in [2.45, 2.75) is 51.5 Å². The second kappa shape index (κ2) is 6.68. The van der Waals surface area contributed by atoms with Gasteiger partial charge in [-0.15, -0.1) is 6.42 Å². The summed E-state index contributed by atoms with van der Waals surface area (Å²) >= 11 is 0. The van der Waals surface area contributed by atoms with Crippen molar-refractivity contribution in [1.29, 1.82) is 0 Å². The molecule has 0 aromatic rings. The van der Waals surface area contributed by atoms with Crippen LogP contribution in [-0.4, -0.2) is 12.6 Å². The summed E-state index contributed by atoms with van der Waals surface area (Å²) in [6.45, 7) is 3.16. The van der Waals surface area contributed by atoms with Gasteiger partial charge in [0, 0.05) is 0 Å². The van der Waals surface area contributed by atoms with Crippen molar-refractivity contribution in [3.05, 3.63) is 11.6 Å². The summed E-state index contributed by atoms with van der Waals surface area (Å²) in [4.78, 5) is 0. The number of nitrogens with one attached hydrogen (secondary N) is 1. The van der Waals surface area contributed by atoms with E-state index in [1.807, 2.05) is 0 Å². The predicted molar refractivity (Wildman–Crippen MR) is 62.1 cm³/mol. The van der Waals surface area contributed by atoms with Crippen molar-refractivity contribution in [3.63, 3.8) is 0 Å². The molecule has 0 saturated heterocycles. The molecule has 1 atom stereocenters. The Balaban J connectivity index is 2.14. The highest BCUT2D eigenvalue weighted by atomic mass is 14.9. The molecule has 1 aliphatic carbocycles. The van der Waals surface area contributed by atoms with Gasteiger partial charge in [-0.1, -0.05) is 24.5 Å². The first-order valence-electron chi connectivity index (χ1n) is 5.74. The molecule has 0 saturated carbocycles. The molecule has 0 radical (unpaired) electrons. The SMILES string of the molecule is C#CC(CC)NCCC1=CCCCC1. The third-order valence-corrected chi connectivity index (χ3v) is 2.83. The largest absolute Gasteiger partial charge is 0.303 e. The second-order valence-corrected chi connectivity index (χ2v) is 3.94. The summed E-state index contributed by atoms with van der Waals surface area (Å²) in [6, 6.07) is 0.263. The quantitative estimate of drug-likeness (QED) is 0.520. The average molecular weight is 191 g/mol. The Labute approximate surface area is 88.0 Å². The average Bonchev–Trinajstić information content (AvgIpc) is 2.26. The molecule has 0 aromatic carbocycles. The topological polar surface area (TPSA) is 12.0 Å². The molecule has 0 fully saturated rings. The smallest absolute Gasteiger partial charge is 0.0684 e. The van der Waals surface area contributed by atoms with Gasteiger partial charge in [0.05, 0.1) is 6.04 Å². The number of terminal acetylenes is 1. The van der Waals surface area contributed by atoms with Crippen LogP contribution in [0, 0.1) is 12.3 Å². The van der Waals surface area contributed by atoms with Gasteiger partial charge >= 0.3 is 0 Å². The lowest BCUT2D eigenvalue weighted by atomic mass is 9.97. The van der Waals surface area contributed by atoms with Crippen LogP contribution in [0.1, 0.15) is 45.4 Å². The molecule has 1 nitrogen and oxygen atoms in total. The lowest BCUT2D eigenvalue weighted by Gasteiger charge is -2.14. The highest BCUT2D eigenvalue weighted by molar-refractivity contribution is 5.06. The van der Waals surface area contributed by atoms with Crippen molar-refractivity contribution in [3.8, 4) is 12.3 Å². The zero-order chi connectivity index (χ0) is 10.2. The van der Waals surface area contributed by atoms with Crippen LogP contribution in [0.5, 0.6) is 0 Å². The first kappa shape index (κ1) is 11.3. The maximum Gasteiger partial charge on any atom is 0.0684 e. The minimum atomic E-state index is 0.263. The van der Waals surface area contributed by atoms with Gasteiger partial charge < -0.3 is 5.32 Å². The minimum Gasteiger partial charge on any atom is -0.303 e. The van der Waals surface area contributed by atoms with Gasteiger partial charge in [0.15, 0.2) is 0 Å². The Hall–Kier alpha value is -0.740. The number of hydrogen-bond acceptors (Lipinski definition) is 1. The van der Waals surface area contributed by atoms with Crippen LogP contribution < -0.4 is 5.32 Å². The van der Waals surface area contributed by atoms with Gasteiger partial charge in [-0.25, -0.2) is 0 Å². The number of rotatable bonds is 5. The van der Waals surface area contributed by atoms with E-state index in [4.69, 9.17) is 6.42 Å². The van der Waals surface area contributed by atoms with Crippen LogP contribution in [-0.2, 0) is 0 Å². The van der Waals surface area contributed by atoms with Gasteiger partial charge in [-0.2, -0.15) is 0 Å². The summed E-state index contributed by atoms with van der Waals surface area (Å²) in [6.07, 6.45) is 15.3. The fourth-order valence-corrected chi connectivity index (χ4v) is 1.86. The van der Waals surface area contributed by atoms with Crippen LogP contribution in [0.4, 0.5) is 0 Å². The first-order valence-corrected chi connectivity index (χ1v) is 5.74. The fraction of sp³-hybridized carbons (Fsp3) is 0.692. The van der Waals surface area contributed by atoms with E-state index >= 15 is 0 Å². The maximum atomic E-state index is 5.38. The Morgan fingerprint density at radius 2 is 2.43 bits per heavy atom. The van der Waals surface area contributed by atoms with E-state index in [0.29, 0.717) is 0 Å². The van der Waals surface area contributed by atoms with Crippen LogP contribution >= 0.6 is 0 Å². The molecule has 14 heavy (non-hydrogen) atoms. The lowest BCUT2D eigenvalue weighted by molar-refractivity contribution is 0.577. The Bertz CT molecular complexity index is 222. The van der Waals surface area contributed by atoms with E-state index in [1.54, 1.807) is 5.57 Å². The van der Waals surface area contributed by atoms with Gasteiger partial charge in [-0.05, 0) is 45.1 Å². The van der Waals surface area contributed by atoms with Crippen molar-refractivity contribution in [2.24, 2.45) is 0 Å². The zero-order valence-corrected chi connectivity index (χ0v) is 9.18. The summed E-state index contributed by atoms with van der Waals surface area (Å²) in [5.74, 6) is 2.76. The van der Waals surface area contributed by atoms with Crippen LogP contribution in [0.15, 0.2) is 11.6 Å². The van der Waals surface area contributed by atoms with Crippen LogP contribution in [0.25, 0.3) is 0 Å². The molecular formula is C13H21N. The standard InChI is InChI=1S/C13H21N/c1-3-13(4-2)14-11-10-12-8-6-5-7-9-12/h1,8,13-14H,4-7,9-11H2,2H3. The summed E-state index contributed by atoms with van der Waals surface area (Å²) < 4.78 is 0. The number of allylic oxidation sites excluding steroid dienone is 1. The molecule has 0 amide bonds. The molecule has 1 rings (SSSR count). The fourth-order valence-electron chi connectivity index (χ4n) is 1.86. The molecule has 0 spiro atoms. The predicted octanol–water partition coefficient (Wildman–Crippen LogP) is 2.88. The number of hydrogen-bond donors (Lipinski definition) is 1. The summed E-state index contributed by atoms with van der Waals surface area (Å²) in [5.41, 5.74) is 1.62. The normalized spacial score (nSPS) is 18.4. The van der Waals surface area contributed by atoms with E-state index in [9.17, 15) is 0 Å². The molecule has 0 aliphatic heterocycles. The van der Waals surface area contributed by atoms with E-state index in [-0.39, 0.29) is 6.04 Å². The Kier molecular flexibility index (Phi) is 5.40. The summed E-state index contributed by atoms with van der Waals surface area (Å²) in [5, 5.41) is 3.39. The molecule has 0 aromatic heterocycles. The van der Waals surface area contributed by atoms with Crippen molar-refractivity contribution < 1.29 is 0 Å². The first-order chi connectivity index (χ1) is 6.86. The van der Waals surface area contributed by atoms with E-state index in [1.165, 1.54) is 32.1 Å². The molecule has 0 heterocycles. The van der Waals surface area contributed by atoms with Gasteiger partial charge in [-0.3, -0.25) is 0 Å².